The lowest BCUT2D eigenvalue weighted by Crippen LogP contribution is -2.29. The summed E-state index contributed by atoms with van der Waals surface area (Å²) in [6.07, 6.45) is 0.670. The van der Waals surface area contributed by atoms with Crippen LogP contribution >= 0.6 is 0 Å². The van der Waals surface area contributed by atoms with Gasteiger partial charge in [0.1, 0.15) is 11.5 Å². The van der Waals surface area contributed by atoms with E-state index in [9.17, 15) is 9.59 Å². The summed E-state index contributed by atoms with van der Waals surface area (Å²) < 4.78 is 22.0. The van der Waals surface area contributed by atoms with Crippen LogP contribution in [-0.4, -0.2) is 17.7 Å². The Morgan fingerprint density at radius 1 is 0.929 bits per heavy atom. The van der Waals surface area contributed by atoms with Gasteiger partial charge in [0.25, 0.3) is 0 Å². The third-order valence-corrected chi connectivity index (χ3v) is 4.57. The molecule has 0 atom stereocenters. The number of esters is 2. The molecule has 0 fully saturated rings. The third-order valence-electron chi connectivity index (χ3n) is 4.57. The van der Waals surface area contributed by atoms with Crippen molar-refractivity contribution < 1.29 is 28.5 Å². The van der Waals surface area contributed by atoms with E-state index in [1.807, 2.05) is 20.8 Å². The molecule has 0 radical (unpaired) electrons. The first-order valence-corrected chi connectivity index (χ1v) is 9.16. The van der Waals surface area contributed by atoms with Gasteiger partial charge in [-0.1, -0.05) is 6.92 Å². The topological polar surface area (TPSA) is 71.1 Å². The molecular weight excluding hydrogens is 360 g/mol. The van der Waals surface area contributed by atoms with Crippen molar-refractivity contribution in [2.75, 3.05) is 0 Å². The van der Waals surface area contributed by atoms with Gasteiger partial charge in [0.05, 0.1) is 11.0 Å². The zero-order valence-electron chi connectivity index (χ0n) is 16.7. The second kappa shape index (κ2) is 7.19. The number of hydrogen-bond acceptors (Lipinski definition) is 6. The third kappa shape index (κ3) is 4.27. The molecule has 0 saturated heterocycles. The summed E-state index contributed by atoms with van der Waals surface area (Å²) in [6.45, 7) is 9.18. The lowest BCUT2D eigenvalue weighted by atomic mass is 9.91. The zero-order chi connectivity index (χ0) is 20.5. The maximum absolute atomic E-state index is 12.4. The predicted octanol–water partition coefficient (Wildman–Crippen LogP) is 4.75. The van der Waals surface area contributed by atoms with Crippen LogP contribution < -0.4 is 18.9 Å². The molecule has 0 amide bonds. The molecule has 6 heteroatoms. The number of fused-ring (bicyclic) bond motifs is 1. The van der Waals surface area contributed by atoms with Crippen molar-refractivity contribution in [1.82, 2.24) is 0 Å². The lowest BCUT2D eigenvalue weighted by molar-refractivity contribution is -0.144. The van der Waals surface area contributed by atoms with E-state index in [-0.39, 0.29) is 5.97 Å². The van der Waals surface area contributed by atoms with Gasteiger partial charge in [0.2, 0.25) is 5.79 Å². The average Bonchev–Trinajstić information content (AvgIpc) is 2.95. The molecule has 1 heterocycles. The largest absolute Gasteiger partial charge is 0.449 e. The normalized spacial score (nSPS) is 14.5. The van der Waals surface area contributed by atoms with Crippen molar-refractivity contribution >= 4 is 11.9 Å². The second-order valence-electron chi connectivity index (χ2n) is 7.75. The van der Waals surface area contributed by atoms with Crippen molar-refractivity contribution in [1.29, 1.82) is 0 Å². The Balaban J connectivity index is 1.65. The molecule has 0 aliphatic carbocycles. The van der Waals surface area contributed by atoms with Gasteiger partial charge in [-0.2, -0.15) is 0 Å². The number of carbonyl (C=O) groups excluding carboxylic acids is 2. The Labute approximate surface area is 164 Å². The summed E-state index contributed by atoms with van der Waals surface area (Å²) in [4.78, 5) is 24.5. The van der Waals surface area contributed by atoms with Crippen LogP contribution in [0.15, 0.2) is 42.5 Å². The van der Waals surface area contributed by atoms with Crippen LogP contribution in [0.25, 0.3) is 0 Å². The highest BCUT2D eigenvalue weighted by Crippen LogP contribution is 2.41. The average molecular weight is 384 g/mol. The molecule has 0 saturated carbocycles. The molecule has 0 spiro atoms. The van der Waals surface area contributed by atoms with Crippen LogP contribution in [0.4, 0.5) is 0 Å². The fraction of sp³-hybridized carbons (Fsp3) is 0.364. The number of carbonyl (C=O) groups is 2. The number of ether oxygens (including phenoxy) is 4. The zero-order valence-corrected chi connectivity index (χ0v) is 16.7. The standard InChI is InChI=1S/C22H24O6/c1-6-21(2,3)20(24)26-15-9-7-14(8-10-15)19(23)25-16-11-12-17-18(13-16)28-22(4,5)27-17/h7-13H,6H2,1-5H3. The monoisotopic (exact) mass is 384 g/mol. The molecule has 6 nitrogen and oxygen atoms in total. The van der Waals surface area contributed by atoms with E-state index in [1.165, 1.54) is 0 Å². The minimum absolute atomic E-state index is 0.311. The van der Waals surface area contributed by atoms with E-state index >= 15 is 0 Å². The summed E-state index contributed by atoms with van der Waals surface area (Å²) in [5, 5.41) is 0. The SMILES string of the molecule is CCC(C)(C)C(=O)Oc1ccc(C(=O)Oc2ccc3c(c2)OC(C)(C)O3)cc1. The smallest absolute Gasteiger partial charge is 0.343 e. The molecule has 2 aromatic carbocycles. The number of hydrogen-bond donors (Lipinski definition) is 0. The lowest BCUT2D eigenvalue weighted by Gasteiger charge is -2.20. The van der Waals surface area contributed by atoms with Crippen molar-refractivity contribution in [3.05, 3.63) is 48.0 Å². The van der Waals surface area contributed by atoms with Crippen LogP contribution in [0.2, 0.25) is 0 Å². The van der Waals surface area contributed by atoms with E-state index in [2.05, 4.69) is 0 Å². The molecule has 148 valence electrons. The van der Waals surface area contributed by atoms with Gasteiger partial charge in [-0.05, 0) is 56.7 Å². The first kappa shape index (κ1) is 19.7. The first-order chi connectivity index (χ1) is 13.1. The van der Waals surface area contributed by atoms with Gasteiger partial charge >= 0.3 is 11.9 Å². The van der Waals surface area contributed by atoms with E-state index in [0.717, 1.165) is 0 Å². The highest BCUT2D eigenvalue weighted by atomic mass is 16.7. The highest BCUT2D eigenvalue weighted by Gasteiger charge is 2.32. The molecule has 0 N–H and O–H groups in total. The molecule has 3 rings (SSSR count). The fourth-order valence-corrected chi connectivity index (χ4v) is 2.48. The Morgan fingerprint density at radius 2 is 1.54 bits per heavy atom. The first-order valence-electron chi connectivity index (χ1n) is 9.16. The van der Waals surface area contributed by atoms with Crippen molar-refractivity contribution in [3.63, 3.8) is 0 Å². The summed E-state index contributed by atoms with van der Waals surface area (Å²) in [6, 6.07) is 11.2. The van der Waals surface area contributed by atoms with Gasteiger partial charge in [0, 0.05) is 19.9 Å². The molecule has 1 aliphatic heterocycles. The van der Waals surface area contributed by atoms with Crippen LogP contribution in [0.1, 0.15) is 51.4 Å². The van der Waals surface area contributed by atoms with Crippen LogP contribution in [0, 0.1) is 5.41 Å². The fourth-order valence-electron chi connectivity index (χ4n) is 2.48. The molecule has 28 heavy (non-hydrogen) atoms. The van der Waals surface area contributed by atoms with Crippen LogP contribution in [-0.2, 0) is 4.79 Å². The summed E-state index contributed by atoms with van der Waals surface area (Å²) in [5.41, 5.74) is -0.224. The Morgan fingerprint density at radius 3 is 2.18 bits per heavy atom. The molecule has 2 aromatic rings. The number of rotatable bonds is 5. The van der Waals surface area contributed by atoms with E-state index in [4.69, 9.17) is 18.9 Å². The summed E-state index contributed by atoms with van der Waals surface area (Å²) >= 11 is 0. The van der Waals surface area contributed by atoms with Gasteiger partial charge in [-0.25, -0.2) is 4.79 Å². The van der Waals surface area contributed by atoms with Crippen LogP contribution in [0.5, 0.6) is 23.0 Å². The molecule has 0 unspecified atom stereocenters. The quantitative estimate of drug-likeness (QED) is 0.547. The predicted molar refractivity (Wildman–Crippen MR) is 103 cm³/mol. The van der Waals surface area contributed by atoms with Gasteiger partial charge in [-0.15, -0.1) is 0 Å². The maximum atomic E-state index is 12.4. The van der Waals surface area contributed by atoms with Crippen molar-refractivity contribution in [3.8, 4) is 23.0 Å². The minimum Gasteiger partial charge on any atom is -0.449 e. The summed E-state index contributed by atoms with van der Waals surface area (Å²) in [7, 11) is 0. The van der Waals surface area contributed by atoms with Crippen LogP contribution in [0.3, 0.4) is 0 Å². The van der Waals surface area contributed by atoms with Crippen molar-refractivity contribution in [2.24, 2.45) is 5.41 Å². The van der Waals surface area contributed by atoms with E-state index in [1.54, 1.807) is 56.3 Å². The van der Waals surface area contributed by atoms with E-state index in [0.29, 0.717) is 35.0 Å². The van der Waals surface area contributed by atoms with E-state index < -0.39 is 17.2 Å². The molecule has 1 aliphatic rings. The van der Waals surface area contributed by atoms with Gasteiger partial charge < -0.3 is 18.9 Å². The summed E-state index contributed by atoms with van der Waals surface area (Å²) in [5.74, 6) is 0.282. The van der Waals surface area contributed by atoms with Gasteiger partial charge in [-0.3, -0.25) is 4.79 Å². The molecule has 0 bridgehead atoms. The molecular formula is C22H24O6. The Bertz CT molecular complexity index is 896. The minimum atomic E-state index is -0.745. The second-order valence-corrected chi connectivity index (χ2v) is 7.75. The molecule has 0 aromatic heterocycles. The highest BCUT2D eigenvalue weighted by molar-refractivity contribution is 5.91. The Hall–Kier alpha value is -3.02. The van der Waals surface area contributed by atoms with Gasteiger partial charge in [0.15, 0.2) is 11.5 Å². The number of benzene rings is 2. The Kier molecular flexibility index (Phi) is 5.06. The van der Waals surface area contributed by atoms with Crippen molar-refractivity contribution in [2.45, 2.75) is 46.8 Å². The maximum Gasteiger partial charge on any atom is 0.343 e.